The quantitative estimate of drug-likeness (QED) is 0.683. The largest absolute Gasteiger partial charge is 0.486 e. The Morgan fingerprint density at radius 3 is 2.67 bits per heavy atom. The van der Waals surface area contributed by atoms with E-state index >= 15 is 0 Å². The minimum absolute atomic E-state index is 0.0229. The van der Waals surface area contributed by atoms with E-state index in [2.05, 4.69) is 34.5 Å². The van der Waals surface area contributed by atoms with Crippen LogP contribution in [-0.4, -0.2) is 36.6 Å². The second kappa shape index (κ2) is 8.00. The van der Waals surface area contributed by atoms with Gasteiger partial charge in [-0.2, -0.15) is 0 Å². The van der Waals surface area contributed by atoms with Gasteiger partial charge in [0.2, 0.25) is 5.91 Å². The summed E-state index contributed by atoms with van der Waals surface area (Å²) in [6.07, 6.45) is 2.11. The highest BCUT2D eigenvalue weighted by atomic mass is 16.6. The summed E-state index contributed by atoms with van der Waals surface area (Å²) in [4.78, 5) is 15.3. The molecule has 1 fully saturated rings. The zero-order valence-corrected chi connectivity index (χ0v) is 17.1. The summed E-state index contributed by atoms with van der Waals surface area (Å²) in [5, 5.41) is 5.40. The summed E-state index contributed by atoms with van der Waals surface area (Å²) in [7, 11) is 0. The highest BCUT2D eigenvalue weighted by Gasteiger charge is 2.33. The van der Waals surface area contributed by atoms with Gasteiger partial charge >= 0.3 is 0 Å². The molecule has 2 heterocycles. The van der Waals surface area contributed by atoms with E-state index in [4.69, 9.17) is 9.47 Å². The molecule has 2 aliphatic heterocycles. The molecule has 0 saturated carbocycles. The highest BCUT2D eigenvalue weighted by molar-refractivity contribution is 5.97. The molecule has 5 rings (SSSR count). The Morgan fingerprint density at radius 1 is 1.00 bits per heavy atom. The van der Waals surface area contributed by atoms with Crippen LogP contribution in [-0.2, 0) is 4.79 Å². The van der Waals surface area contributed by atoms with E-state index in [1.54, 1.807) is 0 Å². The van der Waals surface area contributed by atoms with Crippen molar-refractivity contribution in [1.29, 1.82) is 0 Å². The number of carbonyl (C=O) groups is 1. The fraction of sp³-hybridized carbons (Fsp3) is 0.320. The average Bonchev–Trinajstić information content (AvgIpc) is 3.28. The first-order chi connectivity index (χ1) is 14.7. The maximum Gasteiger partial charge on any atom is 0.241 e. The van der Waals surface area contributed by atoms with Gasteiger partial charge in [0.1, 0.15) is 13.2 Å². The zero-order chi connectivity index (χ0) is 20.5. The third-order valence-corrected chi connectivity index (χ3v) is 6.14. The lowest BCUT2D eigenvalue weighted by atomic mass is 10.0. The molecule has 3 aromatic rings. The summed E-state index contributed by atoms with van der Waals surface area (Å²) in [6, 6.07) is 20.4. The number of ether oxygens (including phenoxy) is 2. The Kier molecular flexibility index (Phi) is 5.05. The van der Waals surface area contributed by atoms with E-state index in [9.17, 15) is 4.79 Å². The van der Waals surface area contributed by atoms with Crippen LogP contribution >= 0.6 is 0 Å². The van der Waals surface area contributed by atoms with E-state index in [0.717, 1.165) is 42.0 Å². The van der Waals surface area contributed by atoms with Crippen LogP contribution in [0.25, 0.3) is 10.8 Å². The maximum atomic E-state index is 13.0. The Hall–Kier alpha value is -3.05. The van der Waals surface area contributed by atoms with Crippen LogP contribution in [0.3, 0.4) is 0 Å². The van der Waals surface area contributed by atoms with Crippen molar-refractivity contribution >= 4 is 22.4 Å². The molecule has 30 heavy (non-hydrogen) atoms. The summed E-state index contributed by atoms with van der Waals surface area (Å²) in [5.41, 5.74) is 2.02. The van der Waals surface area contributed by atoms with E-state index in [0.29, 0.717) is 13.2 Å². The van der Waals surface area contributed by atoms with E-state index in [1.165, 1.54) is 10.9 Å². The van der Waals surface area contributed by atoms with Gasteiger partial charge in [-0.25, -0.2) is 0 Å². The number of carbonyl (C=O) groups excluding carboxylic acids is 1. The van der Waals surface area contributed by atoms with E-state index < -0.39 is 0 Å². The van der Waals surface area contributed by atoms with Gasteiger partial charge in [-0.1, -0.05) is 36.4 Å². The zero-order valence-electron chi connectivity index (χ0n) is 17.1. The third-order valence-electron chi connectivity index (χ3n) is 6.14. The molecule has 2 unspecified atom stereocenters. The SMILES string of the molecule is CC(C(=O)Nc1ccc2ccccc2c1)N1CCCC1c1ccc2c(c1)OCCO2. The fourth-order valence-corrected chi connectivity index (χ4v) is 4.54. The number of anilines is 1. The van der Waals surface area contributed by atoms with Crippen molar-refractivity contribution in [2.24, 2.45) is 0 Å². The lowest BCUT2D eigenvalue weighted by molar-refractivity contribution is -0.121. The predicted octanol–water partition coefficient (Wildman–Crippen LogP) is 4.78. The molecule has 5 heteroatoms. The lowest BCUT2D eigenvalue weighted by Crippen LogP contribution is -2.41. The van der Waals surface area contributed by atoms with Gasteiger partial charge in [-0.15, -0.1) is 0 Å². The van der Waals surface area contributed by atoms with Crippen LogP contribution in [0.5, 0.6) is 11.5 Å². The highest BCUT2D eigenvalue weighted by Crippen LogP contribution is 2.39. The third kappa shape index (κ3) is 3.61. The summed E-state index contributed by atoms with van der Waals surface area (Å²) >= 11 is 0. The Balaban J connectivity index is 1.32. The number of hydrogen-bond acceptors (Lipinski definition) is 4. The van der Waals surface area contributed by atoms with Crippen LogP contribution in [0.15, 0.2) is 60.7 Å². The first kappa shape index (κ1) is 18.9. The second-order valence-corrected chi connectivity index (χ2v) is 8.03. The lowest BCUT2D eigenvalue weighted by Gasteiger charge is -2.31. The standard InChI is InChI=1S/C25H26N2O3/c1-17(25(28)26-21-10-8-18-5-2-3-6-19(18)15-21)27-12-4-7-22(27)20-9-11-23-24(16-20)30-14-13-29-23/h2-3,5-6,8-11,15-17,22H,4,7,12-14H2,1H3,(H,26,28). The molecule has 2 aliphatic rings. The minimum Gasteiger partial charge on any atom is -0.486 e. The number of nitrogens with zero attached hydrogens (tertiary/aromatic N) is 1. The van der Waals surface area contributed by atoms with Gasteiger partial charge in [-0.05, 0) is 66.9 Å². The van der Waals surface area contributed by atoms with Crippen molar-refractivity contribution in [3.05, 3.63) is 66.2 Å². The number of nitrogens with one attached hydrogen (secondary N) is 1. The van der Waals surface area contributed by atoms with Crippen molar-refractivity contribution in [3.8, 4) is 11.5 Å². The first-order valence-electron chi connectivity index (χ1n) is 10.6. The molecule has 154 valence electrons. The van der Waals surface area contributed by atoms with E-state index in [-0.39, 0.29) is 18.0 Å². The van der Waals surface area contributed by atoms with Gasteiger partial charge in [-0.3, -0.25) is 9.69 Å². The first-order valence-corrected chi connectivity index (χ1v) is 10.6. The minimum atomic E-state index is -0.225. The molecule has 5 nitrogen and oxygen atoms in total. The molecular weight excluding hydrogens is 376 g/mol. The van der Waals surface area contributed by atoms with Crippen molar-refractivity contribution < 1.29 is 14.3 Å². The van der Waals surface area contributed by atoms with Gasteiger partial charge in [0.05, 0.1) is 6.04 Å². The predicted molar refractivity (Wildman–Crippen MR) is 118 cm³/mol. The van der Waals surface area contributed by atoms with Crippen molar-refractivity contribution in [3.63, 3.8) is 0 Å². The topological polar surface area (TPSA) is 50.8 Å². The normalized spacial score (nSPS) is 19.6. The number of fused-ring (bicyclic) bond motifs is 2. The monoisotopic (exact) mass is 402 g/mol. The molecule has 1 N–H and O–H groups in total. The molecule has 1 saturated heterocycles. The second-order valence-electron chi connectivity index (χ2n) is 8.03. The Bertz CT molecular complexity index is 1080. The molecule has 0 bridgehead atoms. The van der Waals surface area contributed by atoms with E-state index in [1.807, 2.05) is 43.3 Å². The number of likely N-dealkylation sites (tertiary alicyclic amines) is 1. The van der Waals surface area contributed by atoms with Crippen LogP contribution in [0, 0.1) is 0 Å². The Morgan fingerprint density at radius 2 is 1.80 bits per heavy atom. The van der Waals surface area contributed by atoms with Crippen LogP contribution < -0.4 is 14.8 Å². The molecule has 0 aromatic heterocycles. The number of amides is 1. The molecule has 0 aliphatic carbocycles. The van der Waals surface area contributed by atoms with Gasteiger partial charge in [0, 0.05) is 11.7 Å². The molecule has 1 amide bonds. The fourth-order valence-electron chi connectivity index (χ4n) is 4.54. The van der Waals surface area contributed by atoms with Gasteiger partial charge < -0.3 is 14.8 Å². The van der Waals surface area contributed by atoms with Gasteiger partial charge in [0.15, 0.2) is 11.5 Å². The van der Waals surface area contributed by atoms with Crippen molar-refractivity contribution in [2.45, 2.75) is 31.8 Å². The van der Waals surface area contributed by atoms with Crippen LogP contribution in [0.2, 0.25) is 0 Å². The smallest absolute Gasteiger partial charge is 0.241 e. The van der Waals surface area contributed by atoms with Gasteiger partial charge in [0.25, 0.3) is 0 Å². The summed E-state index contributed by atoms with van der Waals surface area (Å²) < 4.78 is 11.4. The number of hydrogen-bond donors (Lipinski definition) is 1. The molecular formula is C25H26N2O3. The maximum absolute atomic E-state index is 13.0. The molecule has 2 atom stereocenters. The van der Waals surface area contributed by atoms with Crippen molar-refractivity contribution in [2.75, 3.05) is 25.1 Å². The van der Waals surface area contributed by atoms with Crippen LogP contribution in [0.1, 0.15) is 31.4 Å². The average molecular weight is 402 g/mol. The summed E-state index contributed by atoms with van der Waals surface area (Å²) in [5.74, 6) is 1.63. The summed E-state index contributed by atoms with van der Waals surface area (Å²) in [6.45, 7) is 4.07. The Labute approximate surface area is 176 Å². The van der Waals surface area contributed by atoms with Crippen LogP contribution in [0.4, 0.5) is 5.69 Å². The molecule has 0 radical (unpaired) electrons. The number of benzene rings is 3. The number of rotatable bonds is 4. The molecule has 3 aromatic carbocycles. The molecule has 0 spiro atoms. The van der Waals surface area contributed by atoms with Crippen molar-refractivity contribution in [1.82, 2.24) is 4.90 Å².